The van der Waals surface area contributed by atoms with Crippen molar-refractivity contribution in [2.24, 2.45) is 0 Å². The summed E-state index contributed by atoms with van der Waals surface area (Å²) in [7, 11) is 3.15. The molecule has 40 heavy (non-hydrogen) atoms. The van der Waals surface area contributed by atoms with Gasteiger partial charge in [0, 0.05) is 38.8 Å². The Morgan fingerprint density at radius 2 is 2.00 bits per heavy atom. The molecule has 12 nitrogen and oxygen atoms in total. The van der Waals surface area contributed by atoms with E-state index in [4.69, 9.17) is 5.11 Å². The molecule has 3 aromatic heterocycles. The molecule has 3 heterocycles. The number of allylic oxidation sites excluding steroid dienone is 1. The van der Waals surface area contributed by atoms with Crippen LogP contribution in [0.2, 0.25) is 0 Å². The first kappa shape index (κ1) is 29.9. The van der Waals surface area contributed by atoms with Gasteiger partial charge in [-0.15, -0.1) is 0 Å². The number of fused-ring (bicyclic) bond motifs is 1. The van der Waals surface area contributed by atoms with Crippen molar-refractivity contribution in [1.29, 1.82) is 0 Å². The Balaban J connectivity index is 1.74. The van der Waals surface area contributed by atoms with E-state index in [1.165, 1.54) is 46.3 Å². The van der Waals surface area contributed by atoms with Gasteiger partial charge >= 0.3 is 12.3 Å². The van der Waals surface area contributed by atoms with E-state index in [9.17, 15) is 32.3 Å². The highest BCUT2D eigenvalue weighted by Crippen LogP contribution is 2.24. The minimum atomic E-state index is -4.34. The number of pyridine rings is 1. The Morgan fingerprint density at radius 1 is 1.25 bits per heavy atom. The normalized spacial score (nSPS) is 12.4. The van der Waals surface area contributed by atoms with Crippen LogP contribution in [0.3, 0.4) is 0 Å². The van der Waals surface area contributed by atoms with Gasteiger partial charge in [-0.2, -0.15) is 13.2 Å². The number of aromatic amines is 1. The average molecular weight is 564 g/mol. The van der Waals surface area contributed by atoms with Gasteiger partial charge in [0.25, 0.3) is 5.56 Å². The molecule has 0 radical (unpaired) electrons. The van der Waals surface area contributed by atoms with Crippen LogP contribution in [0.1, 0.15) is 30.7 Å². The lowest BCUT2D eigenvalue weighted by atomic mass is 10.1. The summed E-state index contributed by atoms with van der Waals surface area (Å²) in [4.78, 5) is 61.0. The second-order valence-corrected chi connectivity index (χ2v) is 9.05. The summed E-state index contributed by atoms with van der Waals surface area (Å²) < 4.78 is 39.3. The second-order valence-electron chi connectivity index (χ2n) is 9.05. The molecule has 0 bridgehead atoms. The fourth-order valence-electron chi connectivity index (χ4n) is 3.75. The third kappa shape index (κ3) is 8.41. The van der Waals surface area contributed by atoms with Crippen LogP contribution in [0, 0.1) is 0 Å². The zero-order valence-corrected chi connectivity index (χ0v) is 21.7. The van der Waals surface area contributed by atoms with Crippen molar-refractivity contribution in [1.82, 2.24) is 29.7 Å². The molecule has 0 saturated carbocycles. The van der Waals surface area contributed by atoms with E-state index in [1.54, 1.807) is 20.2 Å². The van der Waals surface area contributed by atoms with Gasteiger partial charge in [0.05, 0.1) is 23.3 Å². The number of hydrogen-bond acceptors (Lipinski definition) is 6. The number of amides is 3. The molecular formula is C25H28F3N7O5. The molecule has 3 rings (SSSR count). The van der Waals surface area contributed by atoms with Crippen molar-refractivity contribution in [3.05, 3.63) is 64.6 Å². The number of halogens is 3. The van der Waals surface area contributed by atoms with Crippen LogP contribution < -0.4 is 16.2 Å². The van der Waals surface area contributed by atoms with Crippen LogP contribution >= 0.6 is 0 Å². The molecular weight excluding hydrogens is 535 g/mol. The van der Waals surface area contributed by atoms with Gasteiger partial charge in [0.2, 0.25) is 11.8 Å². The van der Waals surface area contributed by atoms with E-state index >= 15 is 0 Å². The number of carbonyl (C=O) groups is 3. The van der Waals surface area contributed by atoms with Crippen LogP contribution in [0.4, 0.5) is 23.7 Å². The third-order valence-electron chi connectivity index (χ3n) is 5.75. The van der Waals surface area contributed by atoms with Crippen molar-refractivity contribution in [2.45, 2.75) is 44.4 Å². The molecule has 4 N–H and O–H groups in total. The minimum Gasteiger partial charge on any atom is -0.465 e. The van der Waals surface area contributed by atoms with Gasteiger partial charge < -0.3 is 30.2 Å². The number of hydrogen-bond donors (Lipinski definition) is 4. The molecule has 1 atom stereocenters. The van der Waals surface area contributed by atoms with E-state index in [0.717, 1.165) is 0 Å². The second kappa shape index (κ2) is 12.9. The number of carboxylic acid groups (broad SMARTS) is 1. The van der Waals surface area contributed by atoms with Crippen LogP contribution in [0.15, 0.2) is 47.7 Å². The summed E-state index contributed by atoms with van der Waals surface area (Å²) in [5.41, 5.74) is 0.693. The van der Waals surface area contributed by atoms with Gasteiger partial charge in [-0.3, -0.25) is 14.4 Å². The summed E-state index contributed by atoms with van der Waals surface area (Å²) in [5.74, 6) is -1.03. The van der Waals surface area contributed by atoms with Crippen molar-refractivity contribution in [3.63, 3.8) is 0 Å². The maximum Gasteiger partial charge on any atom is 0.405 e. The van der Waals surface area contributed by atoms with E-state index in [2.05, 4.69) is 25.6 Å². The van der Waals surface area contributed by atoms with Gasteiger partial charge in [-0.1, -0.05) is 6.08 Å². The Kier molecular flexibility index (Phi) is 9.63. The molecule has 3 aromatic rings. The molecule has 15 heteroatoms. The standard InChI is InChI=1S/C25H28F3N7O5/c1-34(2)20(36)8-4-3-6-17(33-24(39)40)22(37)32-18-7-5-11-35(23(18)38)13-15-12-19-21(31-15)16(29-14-30-19)9-10-25(26,27)28/h4-5,7-8,11-12,14,17,31,33H,3,6,9-10,13H2,1-2H3,(H,32,37)(H,39,40)/b8-4+. The minimum absolute atomic E-state index is 0.0148. The zero-order chi connectivity index (χ0) is 29.4. The molecule has 0 saturated heterocycles. The van der Waals surface area contributed by atoms with Crippen molar-refractivity contribution >= 4 is 34.6 Å². The summed E-state index contributed by atoms with van der Waals surface area (Å²) >= 11 is 0. The highest BCUT2D eigenvalue weighted by Gasteiger charge is 2.27. The van der Waals surface area contributed by atoms with Gasteiger partial charge in [0.1, 0.15) is 18.1 Å². The summed E-state index contributed by atoms with van der Waals surface area (Å²) in [5, 5.41) is 13.7. The highest BCUT2D eigenvalue weighted by molar-refractivity contribution is 5.96. The number of nitrogens with one attached hydrogen (secondary N) is 3. The molecule has 0 aromatic carbocycles. The van der Waals surface area contributed by atoms with Gasteiger partial charge in [-0.05, 0) is 37.1 Å². The van der Waals surface area contributed by atoms with Crippen molar-refractivity contribution in [2.75, 3.05) is 19.4 Å². The first-order valence-corrected chi connectivity index (χ1v) is 12.1. The predicted molar refractivity (Wildman–Crippen MR) is 139 cm³/mol. The largest absolute Gasteiger partial charge is 0.465 e. The number of nitrogens with zero attached hydrogens (tertiary/aromatic N) is 4. The third-order valence-corrected chi connectivity index (χ3v) is 5.75. The summed E-state index contributed by atoms with van der Waals surface area (Å²) in [6, 6.07) is 3.25. The number of anilines is 1. The van der Waals surface area contributed by atoms with Gasteiger partial charge in [0.15, 0.2) is 0 Å². The average Bonchev–Trinajstić information content (AvgIpc) is 3.29. The maximum absolute atomic E-state index is 13.0. The van der Waals surface area contributed by atoms with E-state index in [1.807, 2.05) is 0 Å². The first-order chi connectivity index (χ1) is 18.8. The Labute approximate surface area is 225 Å². The van der Waals surface area contributed by atoms with E-state index in [-0.39, 0.29) is 43.1 Å². The van der Waals surface area contributed by atoms with Crippen LogP contribution in [-0.2, 0) is 22.6 Å². The molecule has 0 fully saturated rings. The number of aromatic nitrogens is 4. The number of aryl methyl sites for hydroxylation is 1. The molecule has 3 amide bonds. The van der Waals surface area contributed by atoms with Crippen molar-refractivity contribution in [3.8, 4) is 0 Å². The van der Waals surface area contributed by atoms with E-state index in [0.29, 0.717) is 16.7 Å². The summed E-state index contributed by atoms with van der Waals surface area (Å²) in [6.07, 6.45) is -1.46. The zero-order valence-electron chi connectivity index (χ0n) is 21.7. The Morgan fingerprint density at radius 3 is 2.67 bits per heavy atom. The molecule has 0 aliphatic rings. The number of likely N-dealkylation sites (N-methyl/N-ethyl adjacent to an activating group) is 1. The number of H-pyrrole nitrogens is 1. The SMILES string of the molecule is CN(C)C(=O)/C=C/CCC(NC(=O)O)C(=O)Nc1cccn(Cc2cc3ncnc(CCC(F)(F)F)c3[nH]2)c1=O. The first-order valence-electron chi connectivity index (χ1n) is 12.1. The molecule has 0 aliphatic heterocycles. The molecule has 214 valence electrons. The van der Waals surface area contributed by atoms with E-state index < -0.39 is 36.2 Å². The number of rotatable bonds is 11. The van der Waals surface area contributed by atoms with Crippen LogP contribution in [0.25, 0.3) is 11.0 Å². The number of alkyl halides is 3. The number of carbonyl (C=O) groups excluding carboxylic acids is 2. The monoisotopic (exact) mass is 563 g/mol. The molecule has 0 aliphatic carbocycles. The molecule has 0 spiro atoms. The fraction of sp³-hybridized carbons (Fsp3) is 0.360. The Hall–Kier alpha value is -4.69. The smallest absolute Gasteiger partial charge is 0.405 e. The Bertz CT molecular complexity index is 1460. The fourth-order valence-corrected chi connectivity index (χ4v) is 3.75. The van der Waals surface area contributed by atoms with Crippen molar-refractivity contribution < 1.29 is 32.7 Å². The summed E-state index contributed by atoms with van der Waals surface area (Å²) in [6.45, 7) is -0.0148. The lowest BCUT2D eigenvalue weighted by molar-refractivity contribution is -0.134. The van der Waals surface area contributed by atoms with Crippen LogP contribution in [-0.4, -0.2) is 73.7 Å². The lowest BCUT2D eigenvalue weighted by Crippen LogP contribution is -2.44. The van der Waals surface area contributed by atoms with Crippen LogP contribution in [0.5, 0.6) is 0 Å². The molecule has 1 unspecified atom stereocenters. The topological polar surface area (TPSA) is 162 Å². The lowest BCUT2D eigenvalue weighted by Gasteiger charge is -2.16. The maximum atomic E-state index is 13.0. The quantitative estimate of drug-likeness (QED) is 0.261. The highest BCUT2D eigenvalue weighted by atomic mass is 19.4. The predicted octanol–water partition coefficient (Wildman–Crippen LogP) is 2.66. The van der Waals surface area contributed by atoms with Gasteiger partial charge in [-0.25, -0.2) is 14.8 Å².